The summed E-state index contributed by atoms with van der Waals surface area (Å²) >= 11 is 0. The highest BCUT2D eigenvalue weighted by atomic mass is 16.4. The summed E-state index contributed by atoms with van der Waals surface area (Å²) in [5.74, 6) is -0.785. The zero-order valence-corrected chi connectivity index (χ0v) is 11.8. The van der Waals surface area contributed by atoms with Crippen molar-refractivity contribution in [2.75, 3.05) is 0 Å². The van der Waals surface area contributed by atoms with E-state index in [0.717, 1.165) is 16.7 Å². The van der Waals surface area contributed by atoms with E-state index in [1.807, 2.05) is 50.2 Å². The monoisotopic (exact) mass is 269 g/mol. The molecule has 1 aromatic heterocycles. The molecule has 3 heteroatoms. The lowest BCUT2D eigenvalue weighted by Gasteiger charge is -2.29. The molecule has 2 rings (SSSR count). The van der Waals surface area contributed by atoms with Crippen molar-refractivity contribution < 1.29 is 9.90 Å². The number of rotatable bonds is 5. The fourth-order valence-corrected chi connectivity index (χ4v) is 2.60. The highest BCUT2D eigenvalue weighted by Crippen LogP contribution is 2.32. The number of nitrogens with zero attached hydrogens (tertiary/aromatic N) is 1. The van der Waals surface area contributed by atoms with Crippen LogP contribution >= 0.6 is 0 Å². The molecule has 0 saturated carbocycles. The van der Waals surface area contributed by atoms with Crippen molar-refractivity contribution in [1.82, 2.24) is 4.98 Å². The summed E-state index contributed by atoms with van der Waals surface area (Å²) in [4.78, 5) is 16.1. The Labute approximate surface area is 119 Å². The fourth-order valence-electron chi connectivity index (χ4n) is 2.60. The Bertz CT molecular complexity index is 595. The summed E-state index contributed by atoms with van der Waals surface area (Å²) in [6.07, 6.45) is 4.53. The number of hydrogen-bond donors (Lipinski definition) is 1. The lowest BCUT2D eigenvalue weighted by atomic mass is 9.73. The highest BCUT2D eigenvalue weighted by Gasteiger charge is 2.38. The molecule has 1 atom stereocenters. The van der Waals surface area contributed by atoms with Crippen LogP contribution in [0.2, 0.25) is 0 Å². The second-order valence-corrected chi connectivity index (χ2v) is 5.15. The van der Waals surface area contributed by atoms with Gasteiger partial charge in [0.25, 0.3) is 0 Å². The van der Waals surface area contributed by atoms with Crippen molar-refractivity contribution in [2.24, 2.45) is 0 Å². The Morgan fingerprint density at radius 2 is 1.95 bits per heavy atom. The van der Waals surface area contributed by atoms with Crippen molar-refractivity contribution in [1.29, 1.82) is 0 Å². The second-order valence-electron chi connectivity index (χ2n) is 5.15. The minimum Gasteiger partial charge on any atom is -0.481 e. The van der Waals surface area contributed by atoms with Gasteiger partial charge in [0.2, 0.25) is 0 Å². The number of aryl methyl sites for hydroxylation is 1. The minimum absolute atomic E-state index is 0.456. The highest BCUT2D eigenvalue weighted by molar-refractivity contribution is 5.81. The van der Waals surface area contributed by atoms with Crippen LogP contribution < -0.4 is 0 Å². The summed E-state index contributed by atoms with van der Waals surface area (Å²) in [7, 11) is 0. The number of carbonyl (C=O) groups is 1. The summed E-state index contributed by atoms with van der Waals surface area (Å²) in [5, 5.41) is 9.79. The van der Waals surface area contributed by atoms with Gasteiger partial charge in [0, 0.05) is 12.4 Å². The van der Waals surface area contributed by atoms with Gasteiger partial charge in [-0.15, -0.1) is 0 Å². The number of hydrogen-bond acceptors (Lipinski definition) is 2. The van der Waals surface area contributed by atoms with Gasteiger partial charge < -0.3 is 5.11 Å². The van der Waals surface area contributed by atoms with Crippen LogP contribution in [-0.2, 0) is 16.6 Å². The van der Waals surface area contributed by atoms with Gasteiger partial charge in [-0.3, -0.25) is 9.78 Å². The number of benzene rings is 1. The van der Waals surface area contributed by atoms with E-state index in [-0.39, 0.29) is 0 Å². The molecule has 0 amide bonds. The first-order valence-corrected chi connectivity index (χ1v) is 6.78. The molecule has 1 heterocycles. The molecule has 20 heavy (non-hydrogen) atoms. The largest absolute Gasteiger partial charge is 0.481 e. The molecule has 0 aliphatic carbocycles. The normalized spacial score (nSPS) is 13.7. The van der Waals surface area contributed by atoms with Crippen LogP contribution in [0.15, 0.2) is 48.8 Å². The van der Waals surface area contributed by atoms with Crippen molar-refractivity contribution in [3.8, 4) is 0 Å². The maximum Gasteiger partial charge on any atom is 0.314 e. The zero-order valence-electron chi connectivity index (χ0n) is 11.8. The Hall–Kier alpha value is -2.16. The van der Waals surface area contributed by atoms with E-state index in [1.54, 1.807) is 12.4 Å². The molecule has 0 spiro atoms. The third-order valence-electron chi connectivity index (χ3n) is 3.78. The predicted molar refractivity (Wildman–Crippen MR) is 78.7 cm³/mol. The number of aliphatic carboxylic acids is 1. The van der Waals surface area contributed by atoms with Crippen LogP contribution in [0.25, 0.3) is 0 Å². The molecule has 0 aliphatic heterocycles. The standard InChI is InChI=1S/C17H19NO2/c1-3-17(16(19)20,15-7-5-4-6-8-15)10-14-9-13(2)11-18-12-14/h4-9,11-12H,3,10H2,1-2H3,(H,19,20). The molecule has 0 saturated heterocycles. The number of aromatic nitrogens is 1. The van der Waals surface area contributed by atoms with E-state index < -0.39 is 11.4 Å². The lowest BCUT2D eigenvalue weighted by Crippen LogP contribution is -2.37. The third kappa shape index (κ3) is 2.72. The molecule has 1 aromatic carbocycles. The molecule has 0 aliphatic rings. The first-order chi connectivity index (χ1) is 9.58. The van der Waals surface area contributed by atoms with Crippen molar-refractivity contribution in [3.63, 3.8) is 0 Å². The SMILES string of the molecule is CCC(Cc1cncc(C)c1)(C(=O)O)c1ccccc1. The average molecular weight is 269 g/mol. The Balaban J connectivity index is 2.45. The quantitative estimate of drug-likeness (QED) is 0.905. The van der Waals surface area contributed by atoms with Gasteiger partial charge >= 0.3 is 5.97 Å². The smallest absolute Gasteiger partial charge is 0.314 e. The maximum atomic E-state index is 11.9. The van der Waals surface area contributed by atoms with Gasteiger partial charge in [-0.1, -0.05) is 43.3 Å². The predicted octanol–water partition coefficient (Wildman–Crippen LogP) is 3.37. The van der Waals surface area contributed by atoms with Crippen LogP contribution in [0.5, 0.6) is 0 Å². The van der Waals surface area contributed by atoms with E-state index in [1.165, 1.54) is 0 Å². The van der Waals surface area contributed by atoms with Crippen molar-refractivity contribution >= 4 is 5.97 Å². The molecular weight excluding hydrogens is 250 g/mol. The summed E-state index contributed by atoms with van der Waals surface area (Å²) in [6, 6.07) is 11.5. The molecule has 1 unspecified atom stereocenters. The lowest BCUT2D eigenvalue weighted by molar-refractivity contribution is -0.144. The first-order valence-electron chi connectivity index (χ1n) is 6.78. The summed E-state index contributed by atoms with van der Waals surface area (Å²) < 4.78 is 0. The molecule has 1 N–H and O–H groups in total. The van der Waals surface area contributed by atoms with Gasteiger partial charge in [0.15, 0.2) is 0 Å². The summed E-state index contributed by atoms with van der Waals surface area (Å²) in [6.45, 7) is 3.89. The van der Waals surface area contributed by atoms with Gasteiger partial charge in [-0.05, 0) is 36.5 Å². The maximum absolute atomic E-state index is 11.9. The van der Waals surface area contributed by atoms with Crippen molar-refractivity contribution in [2.45, 2.75) is 32.1 Å². The van der Waals surface area contributed by atoms with E-state index in [0.29, 0.717) is 12.8 Å². The number of pyridine rings is 1. The van der Waals surface area contributed by atoms with Crippen LogP contribution in [-0.4, -0.2) is 16.1 Å². The Kier molecular flexibility index (Phi) is 4.18. The van der Waals surface area contributed by atoms with Gasteiger partial charge in [-0.2, -0.15) is 0 Å². The van der Waals surface area contributed by atoms with E-state index in [2.05, 4.69) is 4.98 Å². The minimum atomic E-state index is -0.892. The topological polar surface area (TPSA) is 50.2 Å². The number of carboxylic acids is 1. The van der Waals surface area contributed by atoms with Crippen molar-refractivity contribution in [3.05, 3.63) is 65.5 Å². The fraction of sp³-hybridized carbons (Fsp3) is 0.294. The number of carboxylic acid groups (broad SMARTS) is 1. The molecule has 0 radical (unpaired) electrons. The first kappa shape index (κ1) is 14.3. The molecule has 3 nitrogen and oxygen atoms in total. The Morgan fingerprint density at radius 1 is 1.25 bits per heavy atom. The van der Waals surface area contributed by atoms with E-state index in [9.17, 15) is 9.90 Å². The average Bonchev–Trinajstić information content (AvgIpc) is 2.45. The van der Waals surface area contributed by atoms with E-state index in [4.69, 9.17) is 0 Å². The molecular formula is C17H19NO2. The zero-order chi connectivity index (χ0) is 14.6. The Morgan fingerprint density at radius 3 is 2.50 bits per heavy atom. The van der Waals surface area contributed by atoms with Gasteiger partial charge in [-0.25, -0.2) is 0 Å². The molecule has 0 fully saturated rings. The van der Waals surface area contributed by atoms with Gasteiger partial charge in [0.05, 0.1) is 5.41 Å². The van der Waals surface area contributed by atoms with Gasteiger partial charge in [0.1, 0.15) is 0 Å². The molecule has 104 valence electrons. The summed E-state index contributed by atoms with van der Waals surface area (Å²) in [5.41, 5.74) is 1.96. The van der Waals surface area contributed by atoms with Crippen LogP contribution in [0.1, 0.15) is 30.0 Å². The van der Waals surface area contributed by atoms with Crippen LogP contribution in [0.4, 0.5) is 0 Å². The second kappa shape index (κ2) is 5.87. The third-order valence-corrected chi connectivity index (χ3v) is 3.78. The molecule has 2 aromatic rings. The van der Waals surface area contributed by atoms with E-state index >= 15 is 0 Å². The van der Waals surface area contributed by atoms with Crippen LogP contribution in [0, 0.1) is 6.92 Å². The molecule has 0 bridgehead atoms. The van der Waals surface area contributed by atoms with Crippen LogP contribution in [0.3, 0.4) is 0 Å².